The standard InChI is InChI=1S/C23H23N3O4S/c1-2-24-31(29,30)21-14-12-20(13-15-21)26-23(28)18-8-10-19(11-9-18)25-22(27)16-17-6-4-3-5-7-17/h3-15,24H,2,16H2,1H3,(H,25,27)(H,26,28). The molecule has 31 heavy (non-hydrogen) atoms. The van der Waals surface area contributed by atoms with Crippen molar-refractivity contribution in [2.24, 2.45) is 0 Å². The van der Waals surface area contributed by atoms with Crippen molar-refractivity contribution in [1.82, 2.24) is 4.72 Å². The van der Waals surface area contributed by atoms with E-state index in [4.69, 9.17) is 0 Å². The lowest BCUT2D eigenvalue weighted by atomic mass is 10.1. The number of nitrogens with one attached hydrogen (secondary N) is 3. The molecule has 2 amide bonds. The number of amides is 2. The van der Waals surface area contributed by atoms with Gasteiger partial charge in [0.15, 0.2) is 0 Å². The molecule has 7 nitrogen and oxygen atoms in total. The van der Waals surface area contributed by atoms with Crippen LogP contribution in [0.1, 0.15) is 22.8 Å². The molecule has 8 heteroatoms. The quantitative estimate of drug-likeness (QED) is 0.502. The minimum absolute atomic E-state index is 0.128. The van der Waals surface area contributed by atoms with Gasteiger partial charge in [0.2, 0.25) is 15.9 Å². The largest absolute Gasteiger partial charge is 0.326 e. The van der Waals surface area contributed by atoms with Crippen LogP contribution in [0.2, 0.25) is 0 Å². The zero-order valence-corrected chi connectivity index (χ0v) is 17.8. The highest BCUT2D eigenvalue weighted by molar-refractivity contribution is 7.89. The van der Waals surface area contributed by atoms with E-state index < -0.39 is 10.0 Å². The molecule has 0 saturated carbocycles. The van der Waals surface area contributed by atoms with Gasteiger partial charge in [-0.3, -0.25) is 9.59 Å². The second-order valence-corrected chi connectivity index (χ2v) is 8.53. The van der Waals surface area contributed by atoms with Gasteiger partial charge in [-0.2, -0.15) is 0 Å². The maximum Gasteiger partial charge on any atom is 0.255 e. The predicted molar refractivity (Wildman–Crippen MR) is 120 cm³/mol. The Kier molecular flexibility index (Phi) is 7.17. The number of carbonyl (C=O) groups is 2. The fourth-order valence-electron chi connectivity index (χ4n) is 2.89. The number of hydrogen-bond acceptors (Lipinski definition) is 4. The van der Waals surface area contributed by atoms with E-state index in [0.29, 0.717) is 23.5 Å². The van der Waals surface area contributed by atoms with Crippen LogP contribution >= 0.6 is 0 Å². The molecule has 0 heterocycles. The maximum atomic E-state index is 12.4. The van der Waals surface area contributed by atoms with Crippen LogP contribution in [0.15, 0.2) is 83.8 Å². The Morgan fingerprint density at radius 2 is 1.35 bits per heavy atom. The molecular weight excluding hydrogens is 414 g/mol. The van der Waals surface area contributed by atoms with E-state index in [2.05, 4.69) is 15.4 Å². The molecule has 3 aromatic rings. The molecule has 0 spiro atoms. The summed E-state index contributed by atoms with van der Waals surface area (Å²) in [4.78, 5) is 24.7. The van der Waals surface area contributed by atoms with Crippen LogP contribution in [0.25, 0.3) is 0 Å². The van der Waals surface area contributed by atoms with Crippen molar-refractivity contribution < 1.29 is 18.0 Å². The van der Waals surface area contributed by atoms with Crippen LogP contribution in [-0.2, 0) is 21.2 Å². The molecule has 3 rings (SSSR count). The van der Waals surface area contributed by atoms with Crippen LogP contribution in [-0.4, -0.2) is 26.8 Å². The summed E-state index contributed by atoms with van der Waals surface area (Å²) in [5.41, 5.74) is 2.39. The third-order valence-corrected chi connectivity index (χ3v) is 5.96. The second-order valence-electron chi connectivity index (χ2n) is 6.77. The first kappa shape index (κ1) is 22.2. The minimum atomic E-state index is -3.54. The van der Waals surface area contributed by atoms with E-state index in [-0.39, 0.29) is 23.1 Å². The van der Waals surface area contributed by atoms with E-state index in [1.165, 1.54) is 24.3 Å². The van der Waals surface area contributed by atoms with Crippen LogP contribution in [0.4, 0.5) is 11.4 Å². The van der Waals surface area contributed by atoms with Gasteiger partial charge in [0.05, 0.1) is 11.3 Å². The molecule has 0 aliphatic heterocycles. The first-order valence-electron chi connectivity index (χ1n) is 9.72. The van der Waals surface area contributed by atoms with E-state index in [1.807, 2.05) is 30.3 Å². The van der Waals surface area contributed by atoms with Crippen molar-refractivity contribution in [2.75, 3.05) is 17.2 Å². The average Bonchev–Trinajstić information content (AvgIpc) is 2.75. The first-order valence-corrected chi connectivity index (χ1v) is 11.2. The van der Waals surface area contributed by atoms with Crippen molar-refractivity contribution in [1.29, 1.82) is 0 Å². The van der Waals surface area contributed by atoms with Crippen LogP contribution in [0, 0.1) is 0 Å². The molecule has 0 saturated heterocycles. The molecule has 0 aliphatic carbocycles. The maximum absolute atomic E-state index is 12.4. The smallest absolute Gasteiger partial charge is 0.255 e. The number of benzene rings is 3. The number of sulfonamides is 1. The second kappa shape index (κ2) is 10.0. The third kappa shape index (κ3) is 6.24. The molecule has 0 aromatic heterocycles. The summed E-state index contributed by atoms with van der Waals surface area (Å²) in [7, 11) is -3.54. The van der Waals surface area contributed by atoms with Gasteiger partial charge in [-0.15, -0.1) is 0 Å². The highest BCUT2D eigenvalue weighted by Gasteiger charge is 2.13. The lowest BCUT2D eigenvalue weighted by Crippen LogP contribution is -2.23. The lowest BCUT2D eigenvalue weighted by molar-refractivity contribution is -0.115. The Morgan fingerprint density at radius 1 is 0.774 bits per heavy atom. The monoisotopic (exact) mass is 437 g/mol. The summed E-state index contributed by atoms with van der Waals surface area (Å²) in [6.07, 6.45) is 0.266. The minimum Gasteiger partial charge on any atom is -0.326 e. The molecule has 0 unspecified atom stereocenters. The van der Waals surface area contributed by atoms with E-state index in [1.54, 1.807) is 31.2 Å². The van der Waals surface area contributed by atoms with Gasteiger partial charge < -0.3 is 10.6 Å². The van der Waals surface area contributed by atoms with Gasteiger partial charge in [-0.1, -0.05) is 37.3 Å². The Morgan fingerprint density at radius 3 is 1.97 bits per heavy atom. The van der Waals surface area contributed by atoms with Crippen molar-refractivity contribution in [2.45, 2.75) is 18.2 Å². The fourth-order valence-corrected chi connectivity index (χ4v) is 3.93. The zero-order chi connectivity index (χ0) is 22.3. The molecule has 0 atom stereocenters. The van der Waals surface area contributed by atoms with Gasteiger partial charge >= 0.3 is 0 Å². The highest BCUT2D eigenvalue weighted by Crippen LogP contribution is 2.16. The fraction of sp³-hybridized carbons (Fsp3) is 0.130. The molecule has 160 valence electrons. The van der Waals surface area contributed by atoms with Crippen molar-refractivity contribution in [3.05, 3.63) is 90.0 Å². The van der Waals surface area contributed by atoms with Crippen LogP contribution in [0.3, 0.4) is 0 Å². The number of hydrogen-bond donors (Lipinski definition) is 3. The summed E-state index contributed by atoms with van der Waals surface area (Å²) in [6.45, 7) is 2.00. The molecule has 0 bridgehead atoms. The molecule has 0 aliphatic rings. The Labute approximate surface area is 181 Å². The topological polar surface area (TPSA) is 104 Å². The van der Waals surface area contributed by atoms with Gasteiger partial charge in [0.25, 0.3) is 5.91 Å². The normalized spacial score (nSPS) is 11.0. The Hall–Kier alpha value is -3.49. The summed E-state index contributed by atoms with van der Waals surface area (Å²) >= 11 is 0. The van der Waals surface area contributed by atoms with E-state index in [0.717, 1.165) is 5.56 Å². The van der Waals surface area contributed by atoms with Crippen molar-refractivity contribution >= 4 is 33.2 Å². The average molecular weight is 438 g/mol. The highest BCUT2D eigenvalue weighted by atomic mass is 32.2. The van der Waals surface area contributed by atoms with Gasteiger partial charge in [0, 0.05) is 23.5 Å². The van der Waals surface area contributed by atoms with Gasteiger partial charge in [-0.05, 0) is 54.1 Å². The Balaban J connectivity index is 1.58. The van der Waals surface area contributed by atoms with Crippen molar-refractivity contribution in [3.63, 3.8) is 0 Å². The number of rotatable bonds is 8. The summed E-state index contributed by atoms with van der Waals surface area (Å²) in [5.74, 6) is -0.486. The number of carbonyl (C=O) groups excluding carboxylic acids is 2. The summed E-state index contributed by atoms with van der Waals surface area (Å²) < 4.78 is 26.4. The molecule has 0 radical (unpaired) electrons. The SMILES string of the molecule is CCNS(=O)(=O)c1ccc(NC(=O)c2ccc(NC(=O)Cc3ccccc3)cc2)cc1. The zero-order valence-electron chi connectivity index (χ0n) is 17.0. The van der Waals surface area contributed by atoms with E-state index in [9.17, 15) is 18.0 Å². The van der Waals surface area contributed by atoms with E-state index >= 15 is 0 Å². The molecular formula is C23H23N3O4S. The third-order valence-electron chi connectivity index (χ3n) is 4.40. The molecule has 3 N–H and O–H groups in total. The van der Waals surface area contributed by atoms with Crippen molar-refractivity contribution in [3.8, 4) is 0 Å². The van der Waals surface area contributed by atoms with Gasteiger partial charge in [0.1, 0.15) is 0 Å². The predicted octanol–water partition coefficient (Wildman–Crippen LogP) is 3.42. The molecule has 0 fully saturated rings. The summed E-state index contributed by atoms with van der Waals surface area (Å²) in [6, 6.07) is 21.9. The van der Waals surface area contributed by atoms with Crippen LogP contribution in [0.5, 0.6) is 0 Å². The first-order chi connectivity index (χ1) is 14.9. The van der Waals surface area contributed by atoms with Gasteiger partial charge in [-0.25, -0.2) is 13.1 Å². The lowest BCUT2D eigenvalue weighted by Gasteiger charge is -2.09. The Bertz CT molecular complexity index is 1140. The summed E-state index contributed by atoms with van der Waals surface area (Å²) in [5, 5.41) is 5.52. The van der Waals surface area contributed by atoms with Crippen LogP contribution < -0.4 is 15.4 Å². The number of anilines is 2. The molecule has 3 aromatic carbocycles.